The smallest absolute Gasteiger partial charge is 0.270 e. The van der Waals surface area contributed by atoms with Gasteiger partial charge in [0.05, 0.1) is 10.4 Å². The molecule has 1 N–H and O–H groups in total. The number of nitrogens with one attached hydrogen (secondary N) is 1. The van der Waals surface area contributed by atoms with Gasteiger partial charge >= 0.3 is 0 Å². The van der Waals surface area contributed by atoms with E-state index in [1.54, 1.807) is 12.1 Å². The molecule has 1 aromatic carbocycles. The second-order valence-electron chi connectivity index (χ2n) is 4.97. The Morgan fingerprint density at radius 1 is 1.43 bits per heavy atom. The second kappa shape index (κ2) is 6.76. The maximum atomic E-state index is 10.9. The summed E-state index contributed by atoms with van der Waals surface area (Å²) in [7, 11) is 0. The van der Waals surface area contributed by atoms with Crippen molar-refractivity contribution in [1.82, 2.24) is 4.98 Å². The van der Waals surface area contributed by atoms with E-state index < -0.39 is 0 Å². The fraction of sp³-hybridized carbons (Fsp3) is 0.400. The zero-order chi connectivity index (χ0) is 15.4. The van der Waals surface area contributed by atoms with Crippen LogP contribution in [0.3, 0.4) is 0 Å². The van der Waals surface area contributed by atoms with Crippen LogP contribution in [0.5, 0.6) is 0 Å². The van der Waals surface area contributed by atoms with Crippen molar-refractivity contribution >= 4 is 34.0 Å². The maximum Gasteiger partial charge on any atom is 0.270 e. The topological polar surface area (TPSA) is 68.1 Å². The molecule has 1 heterocycles. The third-order valence-electron chi connectivity index (χ3n) is 3.11. The minimum atomic E-state index is -0.376. The molecule has 2 aromatic rings. The molecule has 1 atom stereocenters. The highest BCUT2D eigenvalue weighted by Gasteiger charge is 2.12. The summed E-state index contributed by atoms with van der Waals surface area (Å²) in [4.78, 5) is 15.0. The molecule has 0 fully saturated rings. The highest BCUT2D eigenvalue weighted by atomic mass is 32.2. The first-order valence-corrected chi connectivity index (χ1v) is 8.06. The molecule has 2 rings (SSSR count). The van der Waals surface area contributed by atoms with Crippen LogP contribution in [0.2, 0.25) is 0 Å². The Kier molecular flexibility index (Phi) is 5.01. The van der Waals surface area contributed by atoms with E-state index in [2.05, 4.69) is 24.1 Å². The number of hydrogen-bond acceptors (Lipinski definition) is 5. The van der Waals surface area contributed by atoms with Crippen molar-refractivity contribution < 1.29 is 4.92 Å². The number of benzene rings is 1. The van der Waals surface area contributed by atoms with Gasteiger partial charge < -0.3 is 5.32 Å². The molecular formula is C15H19N3O2S. The lowest BCUT2D eigenvalue weighted by Gasteiger charge is -2.16. The van der Waals surface area contributed by atoms with Gasteiger partial charge in [0.25, 0.3) is 5.69 Å². The summed E-state index contributed by atoms with van der Waals surface area (Å²) in [6.45, 7) is 6.17. The van der Waals surface area contributed by atoms with Gasteiger partial charge in [-0.2, -0.15) is 11.8 Å². The third-order valence-corrected chi connectivity index (χ3v) is 4.25. The zero-order valence-electron chi connectivity index (χ0n) is 12.4. The van der Waals surface area contributed by atoms with Gasteiger partial charge in [0.2, 0.25) is 0 Å². The van der Waals surface area contributed by atoms with Crippen molar-refractivity contribution in [2.45, 2.75) is 26.8 Å². The van der Waals surface area contributed by atoms with Gasteiger partial charge in [0, 0.05) is 40.7 Å². The Morgan fingerprint density at radius 2 is 2.19 bits per heavy atom. The number of nitro benzene ring substituents is 1. The summed E-state index contributed by atoms with van der Waals surface area (Å²) in [5, 5.41) is 15.2. The van der Waals surface area contributed by atoms with E-state index in [9.17, 15) is 10.1 Å². The number of rotatable bonds is 6. The van der Waals surface area contributed by atoms with Gasteiger partial charge in [-0.15, -0.1) is 0 Å². The summed E-state index contributed by atoms with van der Waals surface area (Å²) in [5.41, 5.74) is 2.67. The van der Waals surface area contributed by atoms with Crippen molar-refractivity contribution in [2.24, 2.45) is 0 Å². The molecule has 5 nitrogen and oxygen atoms in total. The number of aromatic nitrogens is 1. The normalized spacial score (nSPS) is 12.3. The number of pyridine rings is 1. The molecule has 0 aliphatic rings. The van der Waals surface area contributed by atoms with E-state index >= 15 is 0 Å². The molecule has 0 aliphatic heterocycles. The fourth-order valence-electron chi connectivity index (χ4n) is 2.18. The molecule has 0 saturated carbocycles. The van der Waals surface area contributed by atoms with E-state index in [-0.39, 0.29) is 10.6 Å². The molecule has 112 valence electrons. The lowest BCUT2D eigenvalue weighted by atomic mass is 10.1. The number of aryl methyl sites for hydroxylation is 1. The number of hydrogen-bond donors (Lipinski definition) is 1. The highest BCUT2D eigenvalue weighted by Crippen LogP contribution is 2.28. The van der Waals surface area contributed by atoms with E-state index in [1.165, 1.54) is 6.07 Å². The quantitative estimate of drug-likeness (QED) is 0.645. The Hall–Kier alpha value is -1.82. The van der Waals surface area contributed by atoms with Crippen LogP contribution < -0.4 is 5.32 Å². The highest BCUT2D eigenvalue weighted by molar-refractivity contribution is 7.99. The predicted molar refractivity (Wildman–Crippen MR) is 89.2 cm³/mol. The van der Waals surface area contributed by atoms with Gasteiger partial charge in [-0.3, -0.25) is 15.1 Å². The van der Waals surface area contributed by atoms with Crippen molar-refractivity contribution in [3.05, 3.63) is 40.1 Å². The Labute approximate surface area is 128 Å². The van der Waals surface area contributed by atoms with Crippen LogP contribution in [-0.4, -0.2) is 27.5 Å². The molecule has 0 amide bonds. The van der Waals surface area contributed by atoms with E-state index in [4.69, 9.17) is 0 Å². The molecule has 1 unspecified atom stereocenters. The summed E-state index contributed by atoms with van der Waals surface area (Å²) in [5.74, 6) is 2.07. The van der Waals surface area contributed by atoms with Gasteiger partial charge in [-0.05, 0) is 31.7 Å². The number of non-ortho nitro benzene ring substituents is 1. The molecule has 0 bridgehead atoms. The third kappa shape index (κ3) is 3.85. The van der Waals surface area contributed by atoms with Crippen LogP contribution in [0, 0.1) is 17.0 Å². The lowest BCUT2D eigenvalue weighted by Crippen LogP contribution is -2.18. The first kappa shape index (κ1) is 15.6. The summed E-state index contributed by atoms with van der Waals surface area (Å²) >= 11 is 1.87. The van der Waals surface area contributed by atoms with Gasteiger partial charge in [-0.25, -0.2) is 0 Å². The van der Waals surface area contributed by atoms with Crippen LogP contribution in [-0.2, 0) is 0 Å². The Bertz CT molecular complexity index is 661. The second-order valence-corrected chi connectivity index (χ2v) is 6.29. The van der Waals surface area contributed by atoms with Crippen LogP contribution in [0.4, 0.5) is 11.4 Å². The molecule has 0 radical (unpaired) electrons. The van der Waals surface area contributed by atoms with Crippen molar-refractivity contribution in [2.75, 3.05) is 16.8 Å². The summed E-state index contributed by atoms with van der Waals surface area (Å²) in [6, 6.07) is 7.02. The van der Waals surface area contributed by atoms with Gasteiger partial charge in [0.1, 0.15) is 0 Å². The number of fused-ring (bicyclic) bond motifs is 1. The zero-order valence-corrected chi connectivity index (χ0v) is 13.2. The minimum Gasteiger partial charge on any atom is -0.381 e. The number of nitrogens with zero attached hydrogens (tertiary/aromatic N) is 2. The molecule has 0 spiro atoms. The monoisotopic (exact) mass is 305 g/mol. The molecule has 0 saturated heterocycles. The van der Waals surface area contributed by atoms with E-state index in [0.29, 0.717) is 6.04 Å². The van der Waals surface area contributed by atoms with Crippen molar-refractivity contribution in [3.63, 3.8) is 0 Å². The first-order valence-electron chi connectivity index (χ1n) is 6.91. The van der Waals surface area contributed by atoms with Crippen molar-refractivity contribution in [1.29, 1.82) is 0 Å². The van der Waals surface area contributed by atoms with E-state index in [1.807, 2.05) is 24.8 Å². The fourth-order valence-corrected chi connectivity index (χ4v) is 2.85. The number of anilines is 1. The number of thioether (sulfide) groups is 1. The molecular weight excluding hydrogens is 286 g/mol. The number of nitro groups is 1. The van der Waals surface area contributed by atoms with Gasteiger partial charge in [0.15, 0.2) is 0 Å². The SMILES string of the molecule is CCSCC(C)Nc1cc(C)nc2ccc([N+](=O)[O-])cc12. The first-order chi connectivity index (χ1) is 10.0. The minimum absolute atomic E-state index is 0.0896. The largest absolute Gasteiger partial charge is 0.381 e. The van der Waals surface area contributed by atoms with E-state index in [0.717, 1.165) is 33.8 Å². The van der Waals surface area contributed by atoms with Crippen LogP contribution in [0.15, 0.2) is 24.3 Å². The molecule has 0 aliphatic carbocycles. The maximum absolute atomic E-state index is 10.9. The average Bonchev–Trinajstić information content (AvgIpc) is 2.44. The molecule has 1 aromatic heterocycles. The van der Waals surface area contributed by atoms with Gasteiger partial charge in [-0.1, -0.05) is 6.92 Å². The average molecular weight is 305 g/mol. The molecule has 6 heteroatoms. The predicted octanol–water partition coefficient (Wildman–Crippen LogP) is 4.00. The standard InChI is InChI=1S/C15H19N3O2S/c1-4-21-9-11(3)17-15-7-10(2)16-14-6-5-12(18(19)20)8-13(14)15/h5-8,11H,4,9H2,1-3H3,(H,16,17). The molecule has 21 heavy (non-hydrogen) atoms. The van der Waals surface area contributed by atoms with Crippen LogP contribution >= 0.6 is 11.8 Å². The van der Waals surface area contributed by atoms with Crippen LogP contribution in [0.1, 0.15) is 19.5 Å². The van der Waals surface area contributed by atoms with Crippen molar-refractivity contribution in [3.8, 4) is 0 Å². The summed E-state index contributed by atoms with van der Waals surface area (Å²) < 4.78 is 0. The lowest BCUT2D eigenvalue weighted by molar-refractivity contribution is -0.384. The summed E-state index contributed by atoms with van der Waals surface area (Å²) in [6.07, 6.45) is 0. The Balaban J connectivity index is 2.40. The Morgan fingerprint density at radius 3 is 2.86 bits per heavy atom. The van der Waals surface area contributed by atoms with Crippen LogP contribution in [0.25, 0.3) is 10.9 Å².